The minimum Gasteiger partial charge on any atom is -0.480 e. The summed E-state index contributed by atoms with van der Waals surface area (Å²) in [5.41, 5.74) is 3.01. The van der Waals surface area contributed by atoms with E-state index in [1.54, 1.807) is 42.6 Å². The highest BCUT2D eigenvalue weighted by molar-refractivity contribution is 5.88. The largest absolute Gasteiger partial charge is 0.480 e. The zero-order valence-electron chi connectivity index (χ0n) is 19.4. The first kappa shape index (κ1) is 23.4. The van der Waals surface area contributed by atoms with E-state index in [-0.39, 0.29) is 19.6 Å². The summed E-state index contributed by atoms with van der Waals surface area (Å²) in [5, 5.41) is 24.7. The number of benzene rings is 3. The average Bonchev–Trinajstić information content (AvgIpc) is 3.53. The molecule has 36 heavy (non-hydrogen) atoms. The molecule has 0 spiro atoms. The summed E-state index contributed by atoms with van der Waals surface area (Å²) in [6.07, 6.45) is 0.899. The van der Waals surface area contributed by atoms with E-state index in [0.29, 0.717) is 17.1 Å². The summed E-state index contributed by atoms with van der Waals surface area (Å²) < 4.78 is 10.8. The number of carbonyl (C=O) groups excluding carboxylic acids is 1. The Hall–Kier alpha value is -4.30. The van der Waals surface area contributed by atoms with E-state index in [0.717, 1.165) is 22.0 Å². The second kappa shape index (κ2) is 10.1. The predicted octanol–water partition coefficient (Wildman–Crippen LogP) is 3.60. The smallest absolute Gasteiger partial charge is 0.326 e. The highest BCUT2D eigenvalue weighted by atomic mass is 16.7. The zero-order valence-corrected chi connectivity index (χ0v) is 19.4. The van der Waals surface area contributed by atoms with Crippen molar-refractivity contribution in [2.45, 2.75) is 25.0 Å². The molecule has 5 rings (SSSR count). The standard InChI is InChI=1S/C28H26N2O6/c31-26(18-6-2-1-3-7-18)21(12-17-10-11-24-25(13-17)36-16-35-24)27(32)30-23(28(33)34)14-19-15-29-22-9-5-4-8-20(19)22/h1-11,13,15,21,23,26,29,31H,12,14,16H2,(H,30,32)(H,33,34)/t21-,23-,26-/m0/s1. The Morgan fingerprint density at radius 3 is 2.50 bits per heavy atom. The number of aromatic nitrogens is 1. The number of H-pyrrole nitrogens is 1. The van der Waals surface area contributed by atoms with Gasteiger partial charge in [-0.25, -0.2) is 4.79 Å². The van der Waals surface area contributed by atoms with Crippen LogP contribution in [0.3, 0.4) is 0 Å². The van der Waals surface area contributed by atoms with Gasteiger partial charge in [0.2, 0.25) is 12.7 Å². The Kier molecular flexibility index (Phi) is 6.60. The van der Waals surface area contributed by atoms with E-state index in [4.69, 9.17) is 9.47 Å². The van der Waals surface area contributed by atoms with Gasteiger partial charge in [-0.15, -0.1) is 0 Å². The highest BCUT2D eigenvalue weighted by Gasteiger charge is 2.32. The summed E-state index contributed by atoms with van der Waals surface area (Å²) in [6, 6.07) is 20.6. The molecule has 1 aliphatic rings. The van der Waals surface area contributed by atoms with E-state index in [2.05, 4.69) is 10.3 Å². The van der Waals surface area contributed by atoms with Crippen LogP contribution < -0.4 is 14.8 Å². The van der Waals surface area contributed by atoms with Crippen molar-refractivity contribution in [2.24, 2.45) is 5.92 Å². The van der Waals surface area contributed by atoms with Gasteiger partial charge < -0.3 is 30.0 Å². The molecule has 3 aromatic carbocycles. The number of amides is 1. The highest BCUT2D eigenvalue weighted by Crippen LogP contribution is 2.34. The van der Waals surface area contributed by atoms with E-state index in [1.807, 2.05) is 36.4 Å². The van der Waals surface area contributed by atoms with Crippen LogP contribution in [0.1, 0.15) is 22.8 Å². The van der Waals surface area contributed by atoms with Crippen molar-refractivity contribution < 1.29 is 29.3 Å². The molecule has 0 radical (unpaired) electrons. The quantitative estimate of drug-likeness (QED) is 0.287. The first-order chi connectivity index (χ1) is 17.5. The lowest BCUT2D eigenvalue weighted by Crippen LogP contribution is -2.46. The molecule has 1 aliphatic heterocycles. The minimum absolute atomic E-state index is 0.100. The second-order valence-corrected chi connectivity index (χ2v) is 8.82. The van der Waals surface area contributed by atoms with Crippen molar-refractivity contribution in [1.29, 1.82) is 0 Å². The first-order valence-electron chi connectivity index (χ1n) is 11.7. The average molecular weight is 487 g/mol. The van der Waals surface area contributed by atoms with Gasteiger partial charge in [-0.05, 0) is 41.3 Å². The predicted molar refractivity (Wildman–Crippen MR) is 133 cm³/mol. The fourth-order valence-electron chi connectivity index (χ4n) is 4.55. The van der Waals surface area contributed by atoms with Gasteiger partial charge in [-0.2, -0.15) is 0 Å². The molecule has 4 N–H and O–H groups in total. The second-order valence-electron chi connectivity index (χ2n) is 8.82. The Labute approximate surface area is 207 Å². The van der Waals surface area contributed by atoms with E-state index < -0.39 is 29.9 Å². The Balaban J connectivity index is 1.40. The lowest BCUT2D eigenvalue weighted by atomic mass is 9.88. The van der Waals surface area contributed by atoms with E-state index in [9.17, 15) is 19.8 Å². The van der Waals surface area contributed by atoms with Crippen molar-refractivity contribution in [3.05, 3.63) is 95.7 Å². The molecule has 2 heterocycles. The number of carboxylic acid groups (broad SMARTS) is 1. The minimum atomic E-state index is -1.17. The summed E-state index contributed by atoms with van der Waals surface area (Å²) >= 11 is 0. The topological polar surface area (TPSA) is 121 Å². The van der Waals surface area contributed by atoms with Crippen LogP contribution in [0.25, 0.3) is 10.9 Å². The van der Waals surface area contributed by atoms with Gasteiger partial charge in [-0.3, -0.25) is 4.79 Å². The summed E-state index contributed by atoms with van der Waals surface area (Å²) in [4.78, 5) is 28.8. The molecule has 0 unspecified atom stereocenters. The maximum absolute atomic E-state index is 13.5. The van der Waals surface area contributed by atoms with Crippen molar-refractivity contribution >= 4 is 22.8 Å². The Morgan fingerprint density at radius 1 is 0.944 bits per heavy atom. The molecule has 4 aromatic rings. The summed E-state index contributed by atoms with van der Waals surface area (Å²) in [7, 11) is 0. The van der Waals surface area contributed by atoms with Crippen molar-refractivity contribution in [2.75, 3.05) is 6.79 Å². The number of hydrogen-bond acceptors (Lipinski definition) is 5. The van der Waals surface area contributed by atoms with Gasteiger partial charge in [0, 0.05) is 23.5 Å². The third-order valence-corrected chi connectivity index (χ3v) is 6.47. The third-order valence-electron chi connectivity index (χ3n) is 6.47. The van der Waals surface area contributed by atoms with Crippen LogP contribution in [0, 0.1) is 5.92 Å². The Morgan fingerprint density at radius 2 is 1.69 bits per heavy atom. The van der Waals surface area contributed by atoms with Gasteiger partial charge in [0.25, 0.3) is 0 Å². The Bertz CT molecular complexity index is 1380. The van der Waals surface area contributed by atoms with Gasteiger partial charge >= 0.3 is 5.97 Å². The van der Waals surface area contributed by atoms with Gasteiger partial charge in [0.15, 0.2) is 11.5 Å². The van der Waals surface area contributed by atoms with Crippen molar-refractivity contribution in [3.63, 3.8) is 0 Å². The van der Waals surface area contributed by atoms with E-state index in [1.165, 1.54) is 0 Å². The first-order valence-corrected chi connectivity index (χ1v) is 11.7. The number of ether oxygens (including phenoxy) is 2. The number of nitrogens with one attached hydrogen (secondary N) is 2. The number of hydrogen-bond donors (Lipinski definition) is 4. The fraction of sp³-hybridized carbons (Fsp3) is 0.214. The van der Waals surface area contributed by atoms with Crippen LogP contribution in [-0.2, 0) is 22.4 Å². The van der Waals surface area contributed by atoms with Crippen LogP contribution in [0.2, 0.25) is 0 Å². The monoisotopic (exact) mass is 486 g/mol. The van der Waals surface area contributed by atoms with Crippen molar-refractivity contribution in [3.8, 4) is 11.5 Å². The number of aliphatic hydroxyl groups is 1. The van der Waals surface area contributed by atoms with Crippen LogP contribution in [0.4, 0.5) is 0 Å². The number of aliphatic hydroxyl groups excluding tert-OH is 1. The van der Waals surface area contributed by atoms with Crippen LogP contribution in [0.15, 0.2) is 79.0 Å². The summed E-state index contributed by atoms with van der Waals surface area (Å²) in [6.45, 7) is 0.128. The van der Waals surface area contributed by atoms with Crippen molar-refractivity contribution in [1.82, 2.24) is 10.3 Å². The number of carboxylic acids is 1. The van der Waals surface area contributed by atoms with Crippen LogP contribution >= 0.6 is 0 Å². The molecule has 1 amide bonds. The number of aromatic amines is 1. The molecule has 0 aliphatic carbocycles. The van der Waals surface area contributed by atoms with Crippen LogP contribution in [-0.4, -0.2) is 39.9 Å². The molecule has 0 bridgehead atoms. The molecule has 3 atom stereocenters. The van der Waals surface area contributed by atoms with Gasteiger partial charge in [0.1, 0.15) is 6.04 Å². The lowest BCUT2D eigenvalue weighted by molar-refractivity contribution is -0.143. The molecule has 184 valence electrons. The molecule has 1 aromatic heterocycles. The van der Waals surface area contributed by atoms with Crippen LogP contribution in [0.5, 0.6) is 11.5 Å². The third kappa shape index (κ3) is 4.89. The number of carbonyl (C=O) groups is 2. The van der Waals surface area contributed by atoms with E-state index >= 15 is 0 Å². The zero-order chi connectivity index (χ0) is 25.1. The number of para-hydroxylation sites is 1. The normalized spacial score (nSPS) is 14.8. The SMILES string of the molecule is O=C(O)[C@H](Cc1c[nH]c2ccccc12)NC(=O)[C@@H](Cc1ccc2c(c1)OCO2)[C@@H](O)c1ccccc1. The van der Waals surface area contributed by atoms with Gasteiger partial charge in [-0.1, -0.05) is 54.6 Å². The molecular weight excluding hydrogens is 460 g/mol. The maximum atomic E-state index is 13.5. The number of rotatable bonds is 9. The molecule has 0 saturated carbocycles. The molecule has 8 nitrogen and oxygen atoms in total. The number of aliphatic carboxylic acids is 1. The lowest BCUT2D eigenvalue weighted by Gasteiger charge is -2.25. The maximum Gasteiger partial charge on any atom is 0.326 e. The molecular formula is C28H26N2O6. The molecule has 0 fully saturated rings. The van der Waals surface area contributed by atoms with Gasteiger partial charge in [0.05, 0.1) is 12.0 Å². The molecule has 8 heteroatoms. The molecule has 0 saturated heterocycles. The number of fused-ring (bicyclic) bond motifs is 2. The summed E-state index contributed by atoms with van der Waals surface area (Å²) in [5.74, 6) is -1.44. The fourth-order valence-corrected chi connectivity index (χ4v) is 4.55.